The lowest BCUT2D eigenvalue weighted by Gasteiger charge is -2.24. The Hall–Kier alpha value is -2.99. The maximum Gasteiger partial charge on any atom is 0.141 e. The number of carbonyl (C=O) groups excluding carboxylic acids is 1. The van der Waals surface area contributed by atoms with Gasteiger partial charge >= 0.3 is 0 Å². The van der Waals surface area contributed by atoms with E-state index in [0.717, 1.165) is 33.6 Å². The fourth-order valence-electron chi connectivity index (χ4n) is 2.80. The van der Waals surface area contributed by atoms with E-state index >= 15 is 0 Å². The number of hydrogen-bond donors (Lipinski definition) is 1. The third-order valence-electron chi connectivity index (χ3n) is 4.91. The lowest BCUT2D eigenvalue weighted by molar-refractivity contribution is -0.121. The molecule has 2 heterocycles. The Morgan fingerprint density at radius 2 is 1.52 bits per heavy atom. The van der Waals surface area contributed by atoms with Crippen molar-refractivity contribution in [3.05, 3.63) is 71.3 Å². The normalized spacial score (nSPS) is 10.9. The van der Waals surface area contributed by atoms with Crippen LogP contribution in [0.4, 0.5) is 0 Å². The van der Waals surface area contributed by atoms with Crippen LogP contribution < -0.4 is 5.73 Å². The zero-order valence-corrected chi connectivity index (χ0v) is 18.0. The van der Waals surface area contributed by atoms with Crippen molar-refractivity contribution in [2.45, 2.75) is 53.5 Å². The molecule has 0 fully saturated rings. The molecule has 0 aliphatic carbocycles. The standard InChI is InChI=1S/C17H20N2O.C6H9N3/c1-11-8-14(15-9-18-13(3)19-10-15)6-7-16(11)17(4,5)12(2)20;1-5-3-8-6(2-7)9-4-5/h6-10H,1-5H3;3-4H,2,7H2,1H3. The summed E-state index contributed by atoms with van der Waals surface area (Å²) in [5.74, 6) is 1.63. The number of aryl methyl sites for hydroxylation is 3. The first kappa shape index (κ1) is 22.3. The van der Waals surface area contributed by atoms with Gasteiger partial charge in [0.25, 0.3) is 0 Å². The second-order valence-electron chi connectivity index (χ2n) is 7.61. The molecule has 0 aliphatic heterocycles. The molecule has 0 saturated carbocycles. The second kappa shape index (κ2) is 9.47. The summed E-state index contributed by atoms with van der Waals surface area (Å²) >= 11 is 0. The van der Waals surface area contributed by atoms with Crippen molar-refractivity contribution in [3.63, 3.8) is 0 Å². The van der Waals surface area contributed by atoms with Crippen molar-refractivity contribution >= 4 is 5.78 Å². The average molecular weight is 392 g/mol. The number of rotatable bonds is 4. The molecule has 6 heteroatoms. The van der Waals surface area contributed by atoms with Crippen molar-refractivity contribution in [1.29, 1.82) is 0 Å². The Balaban J connectivity index is 0.000000278. The highest BCUT2D eigenvalue weighted by Gasteiger charge is 2.27. The summed E-state index contributed by atoms with van der Waals surface area (Å²) in [6.45, 7) is 11.8. The lowest BCUT2D eigenvalue weighted by Crippen LogP contribution is -2.27. The Labute approximate surface area is 172 Å². The van der Waals surface area contributed by atoms with Gasteiger partial charge in [-0.1, -0.05) is 18.2 Å². The third-order valence-corrected chi connectivity index (χ3v) is 4.91. The molecule has 0 bridgehead atoms. The van der Waals surface area contributed by atoms with Gasteiger partial charge in [0.05, 0.1) is 6.54 Å². The zero-order chi connectivity index (χ0) is 21.6. The van der Waals surface area contributed by atoms with Gasteiger partial charge in [-0.3, -0.25) is 4.79 Å². The van der Waals surface area contributed by atoms with Crippen LogP contribution in [0.1, 0.15) is 49.1 Å². The van der Waals surface area contributed by atoms with Crippen LogP contribution >= 0.6 is 0 Å². The fourth-order valence-corrected chi connectivity index (χ4v) is 2.80. The Morgan fingerprint density at radius 3 is 2.00 bits per heavy atom. The van der Waals surface area contributed by atoms with Crippen LogP contribution in [0.2, 0.25) is 0 Å². The SMILES string of the molecule is CC(=O)C(C)(C)c1ccc(-c2cnc(C)nc2)cc1C.Cc1cnc(CN)nc1. The molecule has 3 aromatic rings. The molecule has 0 unspecified atom stereocenters. The van der Waals surface area contributed by atoms with Crippen LogP contribution in [0.15, 0.2) is 43.0 Å². The predicted molar refractivity (Wildman–Crippen MR) is 115 cm³/mol. The van der Waals surface area contributed by atoms with Crippen molar-refractivity contribution < 1.29 is 4.79 Å². The molecule has 0 spiro atoms. The number of benzene rings is 1. The number of carbonyl (C=O) groups is 1. The second-order valence-corrected chi connectivity index (χ2v) is 7.61. The number of nitrogens with two attached hydrogens (primary N) is 1. The van der Waals surface area contributed by atoms with Crippen molar-refractivity contribution in [2.75, 3.05) is 0 Å². The molecule has 29 heavy (non-hydrogen) atoms. The quantitative estimate of drug-likeness (QED) is 0.725. The van der Waals surface area contributed by atoms with Crippen molar-refractivity contribution in [3.8, 4) is 11.1 Å². The van der Waals surface area contributed by atoms with Crippen LogP contribution in [-0.4, -0.2) is 25.7 Å². The predicted octanol–water partition coefficient (Wildman–Crippen LogP) is 3.87. The van der Waals surface area contributed by atoms with Gasteiger partial charge in [0.1, 0.15) is 17.4 Å². The van der Waals surface area contributed by atoms with E-state index in [1.807, 2.05) is 59.1 Å². The van der Waals surface area contributed by atoms with Gasteiger partial charge in [0, 0.05) is 35.8 Å². The first-order valence-corrected chi connectivity index (χ1v) is 9.54. The highest BCUT2D eigenvalue weighted by molar-refractivity contribution is 5.87. The molecule has 1 aromatic carbocycles. The number of aromatic nitrogens is 4. The highest BCUT2D eigenvalue weighted by Crippen LogP contribution is 2.30. The topological polar surface area (TPSA) is 94.7 Å². The summed E-state index contributed by atoms with van der Waals surface area (Å²) < 4.78 is 0. The fraction of sp³-hybridized carbons (Fsp3) is 0.348. The maximum absolute atomic E-state index is 11.8. The monoisotopic (exact) mass is 391 g/mol. The number of nitrogens with zero attached hydrogens (tertiary/aromatic N) is 4. The van der Waals surface area contributed by atoms with E-state index in [-0.39, 0.29) is 5.78 Å². The Morgan fingerprint density at radius 1 is 0.931 bits per heavy atom. The summed E-state index contributed by atoms with van der Waals surface area (Å²) in [7, 11) is 0. The molecule has 152 valence electrons. The smallest absolute Gasteiger partial charge is 0.141 e. The van der Waals surface area contributed by atoms with Gasteiger partial charge in [-0.05, 0) is 63.8 Å². The summed E-state index contributed by atoms with van der Waals surface area (Å²) in [4.78, 5) is 28.2. The molecule has 0 aliphatic rings. The average Bonchev–Trinajstić information content (AvgIpc) is 2.69. The van der Waals surface area contributed by atoms with Crippen molar-refractivity contribution in [1.82, 2.24) is 19.9 Å². The van der Waals surface area contributed by atoms with E-state index in [9.17, 15) is 4.79 Å². The van der Waals surface area contributed by atoms with Crippen LogP contribution in [0.25, 0.3) is 11.1 Å². The van der Waals surface area contributed by atoms with E-state index in [2.05, 4.69) is 26.0 Å². The van der Waals surface area contributed by atoms with Crippen LogP contribution in [0.3, 0.4) is 0 Å². The van der Waals surface area contributed by atoms with Gasteiger partial charge < -0.3 is 5.73 Å². The molecule has 3 rings (SSSR count). The summed E-state index contributed by atoms with van der Waals surface area (Å²) in [5, 5.41) is 0. The summed E-state index contributed by atoms with van der Waals surface area (Å²) in [6.07, 6.45) is 7.17. The van der Waals surface area contributed by atoms with E-state index in [1.54, 1.807) is 19.3 Å². The van der Waals surface area contributed by atoms with Crippen LogP contribution in [0.5, 0.6) is 0 Å². The van der Waals surface area contributed by atoms with E-state index < -0.39 is 5.41 Å². The molecule has 0 saturated heterocycles. The minimum Gasteiger partial charge on any atom is -0.324 e. The molecule has 2 N–H and O–H groups in total. The highest BCUT2D eigenvalue weighted by atomic mass is 16.1. The number of ketones is 1. The van der Waals surface area contributed by atoms with Gasteiger partial charge in [-0.2, -0.15) is 0 Å². The first-order valence-electron chi connectivity index (χ1n) is 9.54. The number of hydrogen-bond acceptors (Lipinski definition) is 6. The largest absolute Gasteiger partial charge is 0.324 e. The van der Waals surface area contributed by atoms with Gasteiger partial charge in [-0.15, -0.1) is 0 Å². The molecule has 0 radical (unpaired) electrons. The van der Waals surface area contributed by atoms with E-state index in [4.69, 9.17) is 5.73 Å². The Bertz CT molecular complexity index is 964. The molecule has 6 nitrogen and oxygen atoms in total. The van der Waals surface area contributed by atoms with Crippen molar-refractivity contribution in [2.24, 2.45) is 5.73 Å². The molecule has 0 atom stereocenters. The van der Waals surface area contributed by atoms with Gasteiger partial charge in [0.15, 0.2) is 0 Å². The summed E-state index contributed by atoms with van der Waals surface area (Å²) in [5.41, 5.74) is 10.1. The van der Waals surface area contributed by atoms with Gasteiger partial charge in [0.2, 0.25) is 0 Å². The minimum atomic E-state index is -0.452. The van der Waals surface area contributed by atoms with Gasteiger partial charge in [-0.25, -0.2) is 19.9 Å². The molecular weight excluding hydrogens is 362 g/mol. The minimum absolute atomic E-state index is 0.173. The lowest BCUT2D eigenvalue weighted by atomic mass is 9.78. The zero-order valence-electron chi connectivity index (χ0n) is 18.0. The molecule has 0 amide bonds. The van der Waals surface area contributed by atoms with Crippen LogP contribution in [0, 0.1) is 20.8 Å². The first-order chi connectivity index (χ1) is 13.6. The Kier molecular flexibility index (Phi) is 7.29. The van der Waals surface area contributed by atoms with E-state index in [0.29, 0.717) is 12.4 Å². The van der Waals surface area contributed by atoms with E-state index in [1.165, 1.54) is 0 Å². The summed E-state index contributed by atoms with van der Waals surface area (Å²) in [6, 6.07) is 6.15. The molecular formula is C23H29N5O. The number of Topliss-reactive ketones (excluding diaryl/α,β-unsaturated/α-hetero) is 1. The third kappa shape index (κ3) is 5.74. The molecule has 2 aromatic heterocycles. The van der Waals surface area contributed by atoms with Crippen LogP contribution in [-0.2, 0) is 16.8 Å². The maximum atomic E-state index is 11.8.